The highest BCUT2D eigenvalue weighted by Gasteiger charge is 2.07. The van der Waals surface area contributed by atoms with Crippen LogP contribution >= 0.6 is 11.6 Å². The largest absolute Gasteiger partial charge is 0.334 e. The second-order valence-corrected chi connectivity index (χ2v) is 4.50. The third-order valence-electron chi connectivity index (χ3n) is 2.52. The molecule has 3 nitrogen and oxygen atoms in total. The number of rotatable bonds is 3. The Kier molecular flexibility index (Phi) is 4.53. The van der Waals surface area contributed by atoms with E-state index in [1.165, 1.54) is 0 Å². The normalized spacial score (nSPS) is 10.2. The Hall–Kier alpha value is -2.14. The van der Waals surface area contributed by atoms with E-state index in [1.807, 2.05) is 0 Å². The van der Waals surface area contributed by atoms with Gasteiger partial charge in [-0.05, 0) is 29.8 Å². The summed E-state index contributed by atoms with van der Waals surface area (Å²) in [7, 11) is 0. The molecule has 0 unspecified atom stereocenters. The molecule has 0 saturated carbocycles. The zero-order chi connectivity index (χ0) is 14.5. The molecular formula is C14H11ClF2N2O. The van der Waals surface area contributed by atoms with Gasteiger partial charge in [0.25, 0.3) is 0 Å². The van der Waals surface area contributed by atoms with Crippen LogP contribution in [0.1, 0.15) is 5.56 Å². The fraction of sp³-hybridized carbons (Fsp3) is 0.0714. The van der Waals surface area contributed by atoms with Gasteiger partial charge in [-0.25, -0.2) is 13.6 Å². The van der Waals surface area contributed by atoms with Crippen LogP contribution in [-0.2, 0) is 6.54 Å². The van der Waals surface area contributed by atoms with Gasteiger partial charge in [0.05, 0.1) is 5.69 Å². The van der Waals surface area contributed by atoms with Gasteiger partial charge in [0.2, 0.25) is 0 Å². The quantitative estimate of drug-likeness (QED) is 0.885. The number of halogens is 3. The predicted octanol–water partition coefficient (Wildman–Crippen LogP) is 3.94. The highest BCUT2D eigenvalue weighted by molar-refractivity contribution is 6.30. The van der Waals surface area contributed by atoms with Crippen LogP contribution in [0.15, 0.2) is 42.5 Å². The van der Waals surface area contributed by atoms with Crippen molar-refractivity contribution in [1.82, 2.24) is 5.32 Å². The Balaban J connectivity index is 1.94. The van der Waals surface area contributed by atoms with Gasteiger partial charge in [0.15, 0.2) is 0 Å². The van der Waals surface area contributed by atoms with Gasteiger partial charge in [-0.3, -0.25) is 0 Å². The molecule has 0 heterocycles. The molecule has 0 fully saturated rings. The van der Waals surface area contributed by atoms with Crippen LogP contribution in [0.25, 0.3) is 0 Å². The van der Waals surface area contributed by atoms with E-state index in [0.717, 1.165) is 23.8 Å². The second-order valence-electron chi connectivity index (χ2n) is 4.06. The third kappa shape index (κ3) is 3.93. The van der Waals surface area contributed by atoms with Crippen LogP contribution in [0.3, 0.4) is 0 Å². The first kappa shape index (κ1) is 14.3. The van der Waals surface area contributed by atoms with E-state index < -0.39 is 17.7 Å². The third-order valence-corrected chi connectivity index (χ3v) is 2.75. The monoisotopic (exact) mass is 296 g/mol. The highest BCUT2D eigenvalue weighted by Crippen LogP contribution is 2.15. The summed E-state index contributed by atoms with van der Waals surface area (Å²) in [5.74, 6) is -1.33. The number of hydrogen-bond donors (Lipinski definition) is 2. The minimum absolute atomic E-state index is 0.214. The maximum atomic E-state index is 13.3. The molecule has 2 N–H and O–H groups in total. The molecule has 0 spiro atoms. The molecule has 6 heteroatoms. The van der Waals surface area contributed by atoms with E-state index >= 15 is 0 Å². The van der Waals surface area contributed by atoms with E-state index in [-0.39, 0.29) is 12.2 Å². The summed E-state index contributed by atoms with van der Waals surface area (Å²) in [5.41, 5.74) is 0.584. The molecule has 0 saturated heterocycles. The molecule has 104 valence electrons. The lowest BCUT2D eigenvalue weighted by Gasteiger charge is -2.08. The van der Waals surface area contributed by atoms with E-state index in [2.05, 4.69) is 10.6 Å². The topological polar surface area (TPSA) is 41.1 Å². The summed E-state index contributed by atoms with van der Waals surface area (Å²) >= 11 is 5.81. The van der Waals surface area contributed by atoms with Crippen molar-refractivity contribution in [3.63, 3.8) is 0 Å². The minimum atomic E-state index is -0.704. The van der Waals surface area contributed by atoms with Crippen molar-refractivity contribution in [3.8, 4) is 0 Å². The Morgan fingerprint density at radius 1 is 1.15 bits per heavy atom. The molecule has 0 radical (unpaired) electrons. The standard InChI is InChI=1S/C14H11ClF2N2O/c15-10-3-1-2-9(6-10)8-18-14(20)19-13-7-11(16)4-5-12(13)17/h1-7H,8H2,(H2,18,19,20). The zero-order valence-corrected chi connectivity index (χ0v) is 11.0. The van der Waals surface area contributed by atoms with Gasteiger partial charge >= 0.3 is 6.03 Å². The maximum absolute atomic E-state index is 13.3. The Labute approximate surface area is 119 Å². The molecule has 0 aliphatic heterocycles. The Morgan fingerprint density at radius 3 is 2.70 bits per heavy atom. The predicted molar refractivity (Wildman–Crippen MR) is 73.7 cm³/mol. The first-order valence-corrected chi connectivity index (χ1v) is 6.17. The fourth-order valence-corrected chi connectivity index (χ4v) is 1.80. The van der Waals surface area contributed by atoms with Crippen molar-refractivity contribution in [2.75, 3.05) is 5.32 Å². The number of nitrogens with one attached hydrogen (secondary N) is 2. The summed E-state index contributed by atoms with van der Waals surface area (Å²) in [5, 5.41) is 5.32. The van der Waals surface area contributed by atoms with Gasteiger partial charge in [-0.2, -0.15) is 0 Å². The van der Waals surface area contributed by atoms with Crippen molar-refractivity contribution >= 4 is 23.3 Å². The smallest absolute Gasteiger partial charge is 0.319 e. The Morgan fingerprint density at radius 2 is 1.95 bits per heavy atom. The number of carbonyl (C=O) groups is 1. The van der Waals surface area contributed by atoms with Crippen LogP contribution in [0.2, 0.25) is 5.02 Å². The van der Waals surface area contributed by atoms with Gasteiger partial charge in [-0.15, -0.1) is 0 Å². The molecule has 0 aliphatic carbocycles. The molecule has 2 rings (SSSR count). The van der Waals surface area contributed by atoms with Crippen LogP contribution < -0.4 is 10.6 Å². The lowest BCUT2D eigenvalue weighted by Crippen LogP contribution is -2.28. The van der Waals surface area contributed by atoms with Gasteiger partial charge in [0, 0.05) is 17.6 Å². The zero-order valence-electron chi connectivity index (χ0n) is 10.3. The SMILES string of the molecule is O=C(NCc1cccc(Cl)c1)Nc1cc(F)ccc1F. The molecule has 2 aromatic rings. The van der Waals surface area contributed by atoms with Crippen LogP contribution in [0.5, 0.6) is 0 Å². The molecule has 0 aromatic heterocycles. The molecule has 20 heavy (non-hydrogen) atoms. The van der Waals surface area contributed by atoms with Crippen molar-refractivity contribution in [2.24, 2.45) is 0 Å². The highest BCUT2D eigenvalue weighted by atomic mass is 35.5. The van der Waals surface area contributed by atoms with Crippen molar-refractivity contribution in [2.45, 2.75) is 6.54 Å². The van der Waals surface area contributed by atoms with Gasteiger partial charge < -0.3 is 10.6 Å². The molecule has 0 aliphatic rings. The summed E-state index contributed by atoms with van der Waals surface area (Å²) in [4.78, 5) is 11.6. The van der Waals surface area contributed by atoms with E-state index in [1.54, 1.807) is 24.3 Å². The summed E-state index contributed by atoms with van der Waals surface area (Å²) in [6.07, 6.45) is 0. The molecular weight excluding hydrogens is 286 g/mol. The van der Waals surface area contributed by atoms with Crippen molar-refractivity contribution in [3.05, 3.63) is 64.7 Å². The lowest BCUT2D eigenvalue weighted by atomic mass is 10.2. The number of amides is 2. The number of benzene rings is 2. The minimum Gasteiger partial charge on any atom is -0.334 e. The summed E-state index contributed by atoms with van der Waals surface area (Å²) in [6.45, 7) is 0.226. The summed E-state index contributed by atoms with van der Waals surface area (Å²) in [6, 6.07) is 9.16. The lowest BCUT2D eigenvalue weighted by molar-refractivity contribution is 0.251. The number of hydrogen-bond acceptors (Lipinski definition) is 1. The number of anilines is 1. The maximum Gasteiger partial charge on any atom is 0.319 e. The van der Waals surface area contributed by atoms with E-state index in [9.17, 15) is 13.6 Å². The average molecular weight is 297 g/mol. The van der Waals surface area contributed by atoms with Crippen LogP contribution in [0.4, 0.5) is 19.3 Å². The molecule has 2 aromatic carbocycles. The number of carbonyl (C=O) groups excluding carboxylic acids is 1. The average Bonchev–Trinajstić information content (AvgIpc) is 2.41. The van der Waals surface area contributed by atoms with Crippen LogP contribution in [-0.4, -0.2) is 6.03 Å². The van der Waals surface area contributed by atoms with Crippen molar-refractivity contribution < 1.29 is 13.6 Å². The van der Waals surface area contributed by atoms with E-state index in [4.69, 9.17) is 11.6 Å². The number of urea groups is 1. The van der Waals surface area contributed by atoms with E-state index in [0.29, 0.717) is 5.02 Å². The first-order chi connectivity index (χ1) is 9.54. The van der Waals surface area contributed by atoms with Crippen molar-refractivity contribution in [1.29, 1.82) is 0 Å². The Bertz CT molecular complexity index is 634. The second kappa shape index (κ2) is 6.34. The van der Waals surface area contributed by atoms with Gasteiger partial charge in [-0.1, -0.05) is 23.7 Å². The molecule has 2 amide bonds. The molecule has 0 atom stereocenters. The molecule has 0 bridgehead atoms. The fourth-order valence-electron chi connectivity index (χ4n) is 1.59. The van der Waals surface area contributed by atoms with Gasteiger partial charge in [0.1, 0.15) is 11.6 Å². The van der Waals surface area contributed by atoms with Crippen LogP contribution in [0, 0.1) is 11.6 Å². The first-order valence-electron chi connectivity index (χ1n) is 5.79. The summed E-state index contributed by atoms with van der Waals surface area (Å²) < 4.78 is 26.3.